The molecule has 1 aromatic carbocycles. The molecule has 112 valence electrons. The van der Waals surface area contributed by atoms with Crippen LogP contribution in [0.1, 0.15) is 26.3 Å². The molecule has 0 bridgehead atoms. The highest BCUT2D eigenvalue weighted by Crippen LogP contribution is 2.22. The van der Waals surface area contributed by atoms with Gasteiger partial charge in [0.1, 0.15) is 5.75 Å². The summed E-state index contributed by atoms with van der Waals surface area (Å²) < 4.78 is 11.3. The molecule has 0 amide bonds. The molecule has 21 heavy (non-hydrogen) atoms. The first-order chi connectivity index (χ1) is 10.2. The summed E-state index contributed by atoms with van der Waals surface area (Å²) in [6, 6.07) is 7.94. The Labute approximate surface area is 125 Å². The van der Waals surface area contributed by atoms with Gasteiger partial charge in [-0.15, -0.1) is 0 Å². The normalized spacial score (nSPS) is 10.5. The lowest BCUT2D eigenvalue weighted by atomic mass is 10.2. The summed E-state index contributed by atoms with van der Waals surface area (Å²) in [6.07, 6.45) is 3.32. The van der Waals surface area contributed by atoms with Gasteiger partial charge >= 0.3 is 0 Å². The number of hydrogen-bond donors (Lipinski definition) is 1. The number of ether oxygens (including phenoxy) is 2. The first-order valence-corrected chi connectivity index (χ1v) is 7.13. The number of nitrogens with zero attached hydrogens (tertiary/aromatic N) is 2. The van der Waals surface area contributed by atoms with E-state index in [1.54, 1.807) is 12.4 Å². The molecule has 0 atom stereocenters. The molecule has 0 radical (unpaired) electrons. The number of hydrogen-bond acceptors (Lipinski definition) is 5. The second-order valence-corrected chi connectivity index (χ2v) is 4.77. The Hall–Kier alpha value is -2.30. The third kappa shape index (κ3) is 4.34. The van der Waals surface area contributed by atoms with E-state index in [4.69, 9.17) is 9.47 Å². The van der Waals surface area contributed by atoms with E-state index in [0.717, 1.165) is 11.3 Å². The van der Waals surface area contributed by atoms with E-state index in [-0.39, 0.29) is 6.10 Å². The molecule has 0 aliphatic heterocycles. The van der Waals surface area contributed by atoms with Gasteiger partial charge in [-0.1, -0.05) is 18.2 Å². The molecule has 5 nitrogen and oxygen atoms in total. The van der Waals surface area contributed by atoms with Crippen LogP contribution in [0.5, 0.6) is 11.6 Å². The van der Waals surface area contributed by atoms with Crippen molar-refractivity contribution in [2.75, 3.05) is 11.9 Å². The van der Waals surface area contributed by atoms with Crippen LogP contribution in [0.3, 0.4) is 0 Å². The fourth-order valence-corrected chi connectivity index (χ4v) is 1.88. The van der Waals surface area contributed by atoms with Crippen LogP contribution in [0.4, 0.5) is 5.82 Å². The molecule has 0 aliphatic carbocycles. The topological polar surface area (TPSA) is 56.3 Å². The highest BCUT2D eigenvalue weighted by Gasteiger charge is 2.09. The molecule has 0 unspecified atom stereocenters. The van der Waals surface area contributed by atoms with Crippen molar-refractivity contribution >= 4 is 5.82 Å². The lowest BCUT2D eigenvalue weighted by Crippen LogP contribution is -2.11. The highest BCUT2D eigenvalue weighted by molar-refractivity contribution is 5.46. The monoisotopic (exact) mass is 287 g/mol. The Morgan fingerprint density at radius 1 is 1.14 bits per heavy atom. The number of anilines is 1. The van der Waals surface area contributed by atoms with Gasteiger partial charge in [0.15, 0.2) is 5.82 Å². The van der Waals surface area contributed by atoms with Crippen LogP contribution in [0.25, 0.3) is 0 Å². The van der Waals surface area contributed by atoms with Crippen molar-refractivity contribution in [3.05, 3.63) is 42.2 Å². The zero-order valence-electron chi connectivity index (χ0n) is 12.7. The first-order valence-electron chi connectivity index (χ1n) is 7.13. The number of nitrogens with one attached hydrogen (secondary N) is 1. The van der Waals surface area contributed by atoms with Crippen LogP contribution >= 0.6 is 0 Å². The van der Waals surface area contributed by atoms with Crippen LogP contribution in [0, 0.1) is 0 Å². The molecule has 1 heterocycles. The van der Waals surface area contributed by atoms with Gasteiger partial charge in [0.05, 0.1) is 12.7 Å². The van der Waals surface area contributed by atoms with E-state index < -0.39 is 0 Å². The maximum absolute atomic E-state index is 5.64. The third-order valence-corrected chi connectivity index (χ3v) is 2.73. The quantitative estimate of drug-likeness (QED) is 0.847. The Morgan fingerprint density at radius 3 is 2.67 bits per heavy atom. The SMILES string of the molecule is CCOc1ccccc1CNc1nccnc1OC(C)C. The maximum Gasteiger partial charge on any atom is 0.257 e. The van der Waals surface area contributed by atoms with Crippen molar-refractivity contribution in [2.24, 2.45) is 0 Å². The van der Waals surface area contributed by atoms with Crippen LogP contribution in [0.2, 0.25) is 0 Å². The van der Waals surface area contributed by atoms with Gasteiger partial charge in [0.2, 0.25) is 0 Å². The summed E-state index contributed by atoms with van der Waals surface area (Å²) >= 11 is 0. The Kier molecular flexibility index (Phi) is 5.37. The molecule has 0 fully saturated rings. The van der Waals surface area contributed by atoms with Crippen molar-refractivity contribution in [1.82, 2.24) is 9.97 Å². The zero-order chi connectivity index (χ0) is 15.1. The average molecular weight is 287 g/mol. The van der Waals surface area contributed by atoms with Crippen LogP contribution in [-0.2, 0) is 6.54 Å². The molecular formula is C16H21N3O2. The van der Waals surface area contributed by atoms with Crippen molar-refractivity contribution in [2.45, 2.75) is 33.4 Å². The predicted octanol–water partition coefficient (Wildman–Crippen LogP) is 3.27. The smallest absolute Gasteiger partial charge is 0.257 e. The van der Waals surface area contributed by atoms with E-state index in [9.17, 15) is 0 Å². The van der Waals surface area contributed by atoms with E-state index >= 15 is 0 Å². The predicted molar refractivity (Wildman–Crippen MR) is 82.7 cm³/mol. The van der Waals surface area contributed by atoms with Gasteiger partial charge in [-0.05, 0) is 26.8 Å². The molecule has 0 spiro atoms. The largest absolute Gasteiger partial charge is 0.494 e. The minimum absolute atomic E-state index is 0.0537. The van der Waals surface area contributed by atoms with Gasteiger partial charge < -0.3 is 14.8 Å². The number of benzene rings is 1. The fraction of sp³-hybridized carbons (Fsp3) is 0.375. The second kappa shape index (κ2) is 7.47. The number of aromatic nitrogens is 2. The second-order valence-electron chi connectivity index (χ2n) is 4.77. The van der Waals surface area contributed by atoms with Gasteiger partial charge in [0.25, 0.3) is 5.88 Å². The molecule has 0 saturated carbocycles. The van der Waals surface area contributed by atoms with Crippen molar-refractivity contribution in [1.29, 1.82) is 0 Å². The van der Waals surface area contributed by atoms with E-state index in [1.165, 1.54) is 0 Å². The number of rotatable bonds is 7. The molecule has 0 saturated heterocycles. The Bertz CT molecular complexity index is 573. The van der Waals surface area contributed by atoms with Crippen molar-refractivity contribution < 1.29 is 9.47 Å². The van der Waals surface area contributed by atoms with E-state index in [0.29, 0.717) is 24.8 Å². The molecular weight excluding hydrogens is 266 g/mol. The minimum Gasteiger partial charge on any atom is -0.494 e. The molecule has 1 N–H and O–H groups in total. The Morgan fingerprint density at radius 2 is 1.90 bits per heavy atom. The zero-order valence-corrected chi connectivity index (χ0v) is 12.7. The first kappa shape index (κ1) is 15.1. The van der Waals surface area contributed by atoms with Crippen LogP contribution < -0.4 is 14.8 Å². The van der Waals surface area contributed by atoms with E-state index in [1.807, 2.05) is 45.0 Å². The summed E-state index contributed by atoms with van der Waals surface area (Å²) in [6.45, 7) is 7.14. The minimum atomic E-state index is 0.0537. The summed E-state index contributed by atoms with van der Waals surface area (Å²) in [7, 11) is 0. The van der Waals surface area contributed by atoms with Gasteiger partial charge in [0, 0.05) is 24.5 Å². The van der Waals surface area contributed by atoms with Gasteiger partial charge in [-0.25, -0.2) is 9.97 Å². The van der Waals surface area contributed by atoms with Crippen molar-refractivity contribution in [3.63, 3.8) is 0 Å². The standard InChI is InChI=1S/C16H21N3O2/c1-4-20-14-8-6-5-7-13(14)11-19-15-16(21-12(2)3)18-10-9-17-15/h5-10,12H,4,11H2,1-3H3,(H,17,19). The van der Waals surface area contributed by atoms with Gasteiger partial charge in [-0.3, -0.25) is 0 Å². The lowest BCUT2D eigenvalue weighted by Gasteiger charge is -2.14. The lowest BCUT2D eigenvalue weighted by molar-refractivity contribution is 0.233. The number of para-hydroxylation sites is 1. The molecule has 5 heteroatoms. The molecule has 2 rings (SSSR count). The summed E-state index contributed by atoms with van der Waals surface area (Å²) in [5, 5.41) is 3.26. The van der Waals surface area contributed by atoms with Crippen LogP contribution in [-0.4, -0.2) is 22.7 Å². The third-order valence-electron chi connectivity index (χ3n) is 2.73. The molecule has 2 aromatic rings. The average Bonchev–Trinajstić information content (AvgIpc) is 2.47. The highest BCUT2D eigenvalue weighted by atomic mass is 16.5. The maximum atomic E-state index is 5.64. The summed E-state index contributed by atoms with van der Waals surface area (Å²) in [5.41, 5.74) is 1.07. The van der Waals surface area contributed by atoms with E-state index in [2.05, 4.69) is 15.3 Å². The molecule has 1 aromatic heterocycles. The van der Waals surface area contributed by atoms with Gasteiger partial charge in [-0.2, -0.15) is 0 Å². The van der Waals surface area contributed by atoms with Crippen molar-refractivity contribution in [3.8, 4) is 11.6 Å². The fourth-order valence-electron chi connectivity index (χ4n) is 1.88. The summed E-state index contributed by atoms with van der Waals surface area (Å²) in [4.78, 5) is 8.49. The summed E-state index contributed by atoms with van der Waals surface area (Å²) in [5.74, 6) is 2.03. The van der Waals surface area contributed by atoms with Crippen LogP contribution in [0.15, 0.2) is 36.7 Å². The Balaban J connectivity index is 2.10. The molecule has 0 aliphatic rings.